The van der Waals surface area contributed by atoms with Crippen LogP contribution in [0.5, 0.6) is 0 Å². The number of aryl methyl sites for hydroxylation is 6. The molecule has 0 radical (unpaired) electrons. The van der Waals surface area contributed by atoms with Crippen LogP contribution in [0.1, 0.15) is 33.6 Å². The highest BCUT2D eigenvalue weighted by Gasteiger charge is 2.34. The molecular weight excluding hydrogens is 616 g/mol. The van der Waals surface area contributed by atoms with Gasteiger partial charge in [-0.25, -0.2) is 19.0 Å². The molecule has 2 atom stereocenters. The summed E-state index contributed by atoms with van der Waals surface area (Å²) in [6.07, 6.45) is 2.62. The van der Waals surface area contributed by atoms with E-state index in [4.69, 9.17) is 9.47 Å². The second-order valence-electron chi connectivity index (χ2n) is 11.1. The summed E-state index contributed by atoms with van der Waals surface area (Å²) >= 11 is 3.54. The largest absolute Gasteiger partial charge is 0.442 e. The molecule has 0 saturated carbocycles. The van der Waals surface area contributed by atoms with Crippen molar-refractivity contribution in [1.82, 2.24) is 30.0 Å². The van der Waals surface area contributed by atoms with Crippen molar-refractivity contribution < 1.29 is 19.1 Å². The Kier molecular flexibility index (Phi) is 8.81. The standard InChI is InChI=1S/C15H17BrN4O2.C15H18N4O2/c1-9-4-12(5-10(2)14(9)16)20-8-13(22-15(20)21)7-19-6-11(3)17-18-19;1-10-4-11(2)6-13(5-10)19-9-14(21-15(19)20)8-18-7-12(3)16-17-18/h4-6,13H,7-8H2,1-3H3;4-7,14H,8-9H2,1-3H3/t13-;14-/m00/s1. The van der Waals surface area contributed by atoms with Gasteiger partial charge in [0.05, 0.1) is 37.6 Å². The predicted molar refractivity (Wildman–Crippen MR) is 164 cm³/mol. The summed E-state index contributed by atoms with van der Waals surface area (Å²) in [5.74, 6) is 0. The fourth-order valence-corrected chi connectivity index (χ4v) is 5.46. The molecule has 2 aliphatic heterocycles. The van der Waals surface area contributed by atoms with Crippen LogP contribution in [-0.4, -0.2) is 67.5 Å². The lowest BCUT2D eigenvalue weighted by Gasteiger charge is -2.16. The van der Waals surface area contributed by atoms with E-state index in [9.17, 15) is 9.59 Å². The molecule has 0 bridgehead atoms. The fourth-order valence-electron chi connectivity index (χ4n) is 5.23. The Labute approximate surface area is 258 Å². The Morgan fingerprint density at radius 1 is 0.698 bits per heavy atom. The maximum absolute atomic E-state index is 12.1. The van der Waals surface area contributed by atoms with Gasteiger partial charge in [-0.05, 0) is 88.1 Å². The third-order valence-corrected chi connectivity index (χ3v) is 8.34. The zero-order valence-corrected chi connectivity index (χ0v) is 26.7. The number of carbonyl (C=O) groups is 2. The maximum atomic E-state index is 12.1. The second-order valence-corrected chi connectivity index (χ2v) is 11.9. The summed E-state index contributed by atoms with van der Waals surface area (Å²) in [6, 6.07) is 10.0. The number of aromatic nitrogens is 6. The van der Waals surface area contributed by atoms with Gasteiger partial charge in [-0.3, -0.25) is 9.80 Å². The van der Waals surface area contributed by atoms with Crippen molar-refractivity contribution in [2.75, 3.05) is 22.9 Å². The minimum absolute atomic E-state index is 0.209. The van der Waals surface area contributed by atoms with E-state index in [1.807, 2.05) is 78.2 Å². The molecule has 43 heavy (non-hydrogen) atoms. The first-order valence-electron chi connectivity index (χ1n) is 14.0. The van der Waals surface area contributed by atoms with Crippen LogP contribution in [0.15, 0.2) is 47.2 Å². The third kappa shape index (κ3) is 7.22. The first-order chi connectivity index (χ1) is 20.4. The summed E-state index contributed by atoms with van der Waals surface area (Å²) in [6.45, 7) is 13.9. The first kappa shape index (κ1) is 30.2. The Hall–Kier alpha value is -4.26. The summed E-state index contributed by atoms with van der Waals surface area (Å²) in [4.78, 5) is 27.5. The van der Waals surface area contributed by atoms with Crippen LogP contribution in [0.25, 0.3) is 0 Å². The van der Waals surface area contributed by atoms with Crippen LogP contribution in [0.3, 0.4) is 0 Å². The van der Waals surface area contributed by atoms with Gasteiger partial charge in [0.2, 0.25) is 0 Å². The van der Waals surface area contributed by atoms with E-state index < -0.39 is 0 Å². The van der Waals surface area contributed by atoms with E-state index in [-0.39, 0.29) is 24.4 Å². The SMILES string of the molecule is Cc1cc(C)cc(N2C[C@H](Cn3cc(C)nn3)OC2=O)c1.Cc1cn(C[C@H]2CN(c3cc(C)c(Br)c(C)c3)C(=O)O2)nn1. The van der Waals surface area contributed by atoms with E-state index in [0.29, 0.717) is 26.2 Å². The lowest BCUT2D eigenvalue weighted by Crippen LogP contribution is -2.26. The van der Waals surface area contributed by atoms with Crippen molar-refractivity contribution >= 4 is 39.5 Å². The molecular formula is C30H35BrN8O4. The second kappa shape index (κ2) is 12.5. The Balaban J connectivity index is 0.000000171. The Morgan fingerprint density at radius 3 is 1.51 bits per heavy atom. The molecule has 2 amide bonds. The summed E-state index contributed by atoms with van der Waals surface area (Å²) in [5.41, 5.74) is 7.90. The number of halogens is 1. The normalized spacial score (nSPS) is 18.0. The van der Waals surface area contributed by atoms with Gasteiger partial charge in [-0.15, -0.1) is 10.2 Å². The van der Waals surface area contributed by atoms with E-state index >= 15 is 0 Å². The van der Waals surface area contributed by atoms with Crippen molar-refractivity contribution in [2.24, 2.45) is 0 Å². The van der Waals surface area contributed by atoms with E-state index in [1.165, 1.54) is 0 Å². The topological polar surface area (TPSA) is 121 Å². The van der Waals surface area contributed by atoms with Crippen LogP contribution in [0, 0.1) is 41.5 Å². The smallest absolute Gasteiger partial charge is 0.414 e. The summed E-state index contributed by atoms with van der Waals surface area (Å²) < 4.78 is 15.3. The summed E-state index contributed by atoms with van der Waals surface area (Å²) in [5, 5.41) is 15.9. The molecule has 0 spiro atoms. The van der Waals surface area contributed by atoms with E-state index in [0.717, 1.165) is 49.5 Å². The van der Waals surface area contributed by atoms with Gasteiger partial charge >= 0.3 is 12.2 Å². The molecule has 2 aliphatic rings. The van der Waals surface area contributed by atoms with Gasteiger partial charge in [-0.1, -0.05) is 32.4 Å². The van der Waals surface area contributed by atoms with Crippen LogP contribution in [-0.2, 0) is 22.6 Å². The number of ether oxygens (including phenoxy) is 2. The number of rotatable bonds is 6. The van der Waals surface area contributed by atoms with Crippen LogP contribution in [0.4, 0.5) is 21.0 Å². The lowest BCUT2D eigenvalue weighted by atomic mass is 10.1. The number of hydrogen-bond acceptors (Lipinski definition) is 8. The molecule has 226 valence electrons. The van der Waals surface area contributed by atoms with Gasteiger partial charge < -0.3 is 9.47 Å². The van der Waals surface area contributed by atoms with Crippen molar-refractivity contribution in [1.29, 1.82) is 0 Å². The van der Waals surface area contributed by atoms with Crippen molar-refractivity contribution in [3.05, 3.63) is 80.8 Å². The Bertz CT molecular complexity index is 1610. The molecule has 2 saturated heterocycles. The molecule has 12 nitrogen and oxygen atoms in total. The molecule has 4 heterocycles. The zero-order chi connectivity index (χ0) is 30.8. The van der Waals surface area contributed by atoms with Crippen molar-refractivity contribution in [3.63, 3.8) is 0 Å². The van der Waals surface area contributed by atoms with Crippen LogP contribution in [0.2, 0.25) is 0 Å². The molecule has 0 aliphatic carbocycles. The monoisotopic (exact) mass is 650 g/mol. The number of hydrogen-bond donors (Lipinski definition) is 0. The molecule has 0 unspecified atom stereocenters. The number of amides is 2. The molecule has 6 rings (SSSR count). The van der Waals surface area contributed by atoms with Crippen LogP contribution < -0.4 is 9.80 Å². The number of cyclic esters (lactones) is 2. The molecule has 2 aromatic heterocycles. The molecule has 4 aromatic rings. The molecule has 0 N–H and O–H groups in total. The minimum Gasteiger partial charge on any atom is -0.442 e. The van der Waals surface area contributed by atoms with Gasteiger partial charge in [0.25, 0.3) is 0 Å². The van der Waals surface area contributed by atoms with Crippen molar-refractivity contribution in [3.8, 4) is 0 Å². The van der Waals surface area contributed by atoms with E-state index in [2.05, 4.69) is 42.6 Å². The average Bonchev–Trinajstić information content (AvgIpc) is 3.71. The average molecular weight is 652 g/mol. The first-order valence-corrected chi connectivity index (χ1v) is 14.8. The highest BCUT2D eigenvalue weighted by atomic mass is 79.9. The van der Waals surface area contributed by atoms with Crippen molar-refractivity contribution in [2.45, 2.75) is 66.8 Å². The highest BCUT2D eigenvalue weighted by Crippen LogP contribution is 2.30. The van der Waals surface area contributed by atoms with Crippen LogP contribution >= 0.6 is 15.9 Å². The maximum Gasteiger partial charge on any atom is 0.414 e. The predicted octanol–water partition coefficient (Wildman–Crippen LogP) is 5.22. The molecule has 2 aromatic carbocycles. The van der Waals surface area contributed by atoms with Gasteiger partial charge in [-0.2, -0.15) is 0 Å². The quantitative estimate of drug-likeness (QED) is 0.279. The van der Waals surface area contributed by atoms with Gasteiger partial charge in [0.15, 0.2) is 0 Å². The van der Waals surface area contributed by atoms with E-state index in [1.54, 1.807) is 19.2 Å². The number of anilines is 2. The number of benzene rings is 2. The molecule has 2 fully saturated rings. The lowest BCUT2D eigenvalue weighted by molar-refractivity contribution is 0.128. The third-order valence-electron chi connectivity index (χ3n) is 7.09. The number of nitrogens with zero attached hydrogens (tertiary/aromatic N) is 8. The molecule has 13 heteroatoms. The highest BCUT2D eigenvalue weighted by molar-refractivity contribution is 9.10. The fraction of sp³-hybridized carbons (Fsp3) is 0.400. The minimum atomic E-state index is -0.317. The van der Waals surface area contributed by atoms with Gasteiger partial charge in [0.1, 0.15) is 12.2 Å². The number of carbonyl (C=O) groups excluding carboxylic acids is 2. The van der Waals surface area contributed by atoms with Gasteiger partial charge in [0, 0.05) is 28.2 Å². The zero-order valence-electron chi connectivity index (χ0n) is 25.1. The summed E-state index contributed by atoms with van der Waals surface area (Å²) in [7, 11) is 0. The Morgan fingerprint density at radius 2 is 1.12 bits per heavy atom.